The Kier molecular flexibility index (Phi) is 3.13. The molecule has 0 aromatic carbocycles. The molecule has 0 radical (unpaired) electrons. The summed E-state index contributed by atoms with van der Waals surface area (Å²) < 4.78 is 0. The van der Waals surface area contributed by atoms with Gasteiger partial charge in [-0.2, -0.15) is 0 Å². The second kappa shape index (κ2) is 3.98. The number of urea groups is 1. The molecular weight excluding hydrogens is 180 g/mol. The van der Waals surface area contributed by atoms with Crippen molar-refractivity contribution in [3.8, 4) is 0 Å². The van der Waals surface area contributed by atoms with E-state index in [-0.39, 0.29) is 24.0 Å². The number of carbonyl (C=O) groups excluding carboxylic acids is 2. The highest BCUT2D eigenvalue weighted by Crippen LogP contribution is 2.15. The zero-order valence-electron chi connectivity index (χ0n) is 9.28. The van der Waals surface area contributed by atoms with Crippen molar-refractivity contribution in [1.82, 2.24) is 9.80 Å². The van der Waals surface area contributed by atoms with Crippen LogP contribution in [0.15, 0.2) is 0 Å². The number of nitrogens with zero attached hydrogens (tertiary/aromatic N) is 2. The first kappa shape index (κ1) is 11.0. The first-order valence-electron chi connectivity index (χ1n) is 5.07. The zero-order chi connectivity index (χ0) is 10.9. The fraction of sp³-hybridized carbons (Fsp3) is 0.800. The largest absolute Gasteiger partial charge is 0.327 e. The molecule has 1 saturated heterocycles. The predicted octanol–water partition coefficient (Wildman–Crippen LogP) is 1.46. The quantitative estimate of drug-likeness (QED) is 0.674. The molecule has 1 heterocycles. The van der Waals surface area contributed by atoms with Crippen molar-refractivity contribution in [2.24, 2.45) is 0 Å². The van der Waals surface area contributed by atoms with Crippen LogP contribution in [0.3, 0.4) is 0 Å². The molecule has 0 aromatic heterocycles. The third kappa shape index (κ3) is 1.89. The van der Waals surface area contributed by atoms with Gasteiger partial charge in [0.2, 0.25) is 5.91 Å². The van der Waals surface area contributed by atoms with Gasteiger partial charge in [-0.3, -0.25) is 9.69 Å². The summed E-state index contributed by atoms with van der Waals surface area (Å²) in [5.41, 5.74) is 0. The van der Waals surface area contributed by atoms with Crippen LogP contribution in [0.4, 0.5) is 4.79 Å². The zero-order valence-corrected chi connectivity index (χ0v) is 9.28. The highest BCUT2D eigenvalue weighted by molar-refractivity contribution is 5.97. The number of imide groups is 1. The van der Waals surface area contributed by atoms with E-state index in [1.807, 2.05) is 27.7 Å². The Balaban J connectivity index is 2.83. The molecule has 14 heavy (non-hydrogen) atoms. The summed E-state index contributed by atoms with van der Waals surface area (Å²) in [6.07, 6.45) is 0.447. The highest BCUT2D eigenvalue weighted by atomic mass is 16.2. The van der Waals surface area contributed by atoms with Crippen molar-refractivity contribution in [1.29, 1.82) is 0 Å². The fourth-order valence-electron chi connectivity index (χ4n) is 1.67. The van der Waals surface area contributed by atoms with Crippen LogP contribution >= 0.6 is 0 Å². The lowest BCUT2D eigenvalue weighted by Gasteiger charge is -2.38. The molecule has 1 fully saturated rings. The standard InChI is InChI=1S/C10H18N2O2/c1-7(2)11-6-5-9(13)12(8(3)4)10(11)14/h7-8H,5-6H2,1-4H3. The molecule has 80 valence electrons. The molecule has 0 aliphatic carbocycles. The van der Waals surface area contributed by atoms with E-state index in [0.717, 1.165) is 0 Å². The molecule has 0 unspecified atom stereocenters. The minimum Gasteiger partial charge on any atom is -0.321 e. The molecular formula is C10H18N2O2. The Labute approximate surface area is 84.9 Å². The number of hydrogen-bond donors (Lipinski definition) is 0. The molecule has 1 aliphatic rings. The molecule has 0 bridgehead atoms. The van der Waals surface area contributed by atoms with Crippen molar-refractivity contribution in [3.63, 3.8) is 0 Å². The van der Waals surface area contributed by atoms with Crippen LogP contribution in [0.2, 0.25) is 0 Å². The Hall–Kier alpha value is -1.06. The lowest BCUT2D eigenvalue weighted by molar-refractivity contribution is -0.132. The van der Waals surface area contributed by atoms with Gasteiger partial charge in [-0.25, -0.2) is 4.79 Å². The van der Waals surface area contributed by atoms with Gasteiger partial charge in [-0.05, 0) is 27.7 Å². The van der Waals surface area contributed by atoms with E-state index < -0.39 is 0 Å². The van der Waals surface area contributed by atoms with Gasteiger partial charge in [0.05, 0.1) is 0 Å². The van der Waals surface area contributed by atoms with Crippen molar-refractivity contribution >= 4 is 11.9 Å². The van der Waals surface area contributed by atoms with Crippen LogP contribution in [-0.4, -0.2) is 40.4 Å². The Bertz CT molecular complexity index is 249. The van der Waals surface area contributed by atoms with Gasteiger partial charge in [0.15, 0.2) is 0 Å². The minimum atomic E-state index is -0.147. The van der Waals surface area contributed by atoms with Gasteiger partial charge in [0, 0.05) is 25.0 Å². The average molecular weight is 198 g/mol. The van der Waals surface area contributed by atoms with Crippen molar-refractivity contribution in [2.75, 3.05) is 6.54 Å². The topological polar surface area (TPSA) is 40.6 Å². The third-order valence-electron chi connectivity index (χ3n) is 2.43. The molecule has 0 saturated carbocycles. The fourth-order valence-corrected chi connectivity index (χ4v) is 1.67. The number of amides is 3. The molecule has 0 spiro atoms. The van der Waals surface area contributed by atoms with E-state index in [0.29, 0.717) is 13.0 Å². The normalized spacial score (nSPS) is 18.7. The van der Waals surface area contributed by atoms with Crippen molar-refractivity contribution in [2.45, 2.75) is 46.2 Å². The summed E-state index contributed by atoms with van der Waals surface area (Å²) in [4.78, 5) is 26.4. The van der Waals surface area contributed by atoms with Gasteiger partial charge in [0.1, 0.15) is 0 Å². The van der Waals surface area contributed by atoms with Crippen LogP contribution in [0.5, 0.6) is 0 Å². The maximum atomic E-state index is 11.8. The molecule has 0 N–H and O–H groups in total. The second-order valence-electron chi connectivity index (χ2n) is 4.18. The van der Waals surface area contributed by atoms with E-state index in [9.17, 15) is 9.59 Å². The Morgan fingerprint density at radius 2 is 1.64 bits per heavy atom. The Morgan fingerprint density at radius 1 is 1.07 bits per heavy atom. The summed E-state index contributed by atoms with van der Waals surface area (Å²) in [5, 5.41) is 0. The van der Waals surface area contributed by atoms with Gasteiger partial charge in [-0.15, -0.1) is 0 Å². The molecule has 3 amide bonds. The smallest absolute Gasteiger partial charge is 0.321 e. The molecule has 1 rings (SSSR count). The van der Waals surface area contributed by atoms with Crippen molar-refractivity contribution < 1.29 is 9.59 Å². The summed E-state index contributed by atoms with van der Waals surface area (Å²) in [6, 6.07) is -0.0281. The van der Waals surface area contributed by atoms with E-state index in [2.05, 4.69) is 0 Å². The van der Waals surface area contributed by atoms with Crippen LogP contribution < -0.4 is 0 Å². The molecule has 1 aliphatic heterocycles. The lowest BCUT2D eigenvalue weighted by atomic mass is 10.2. The first-order chi connectivity index (χ1) is 6.45. The maximum Gasteiger partial charge on any atom is 0.327 e. The molecule has 0 aromatic rings. The highest BCUT2D eigenvalue weighted by Gasteiger charge is 2.34. The van der Waals surface area contributed by atoms with Crippen LogP contribution in [0, 0.1) is 0 Å². The summed E-state index contributed by atoms with van der Waals surface area (Å²) >= 11 is 0. The summed E-state index contributed by atoms with van der Waals surface area (Å²) in [6.45, 7) is 8.20. The lowest BCUT2D eigenvalue weighted by Crippen LogP contribution is -2.56. The maximum absolute atomic E-state index is 11.8. The monoisotopic (exact) mass is 198 g/mol. The van der Waals surface area contributed by atoms with Crippen LogP contribution in [-0.2, 0) is 4.79 Å². The Morgan fingerprint density at radius 3 is 2.07 bits per heavy atom. The molecule has 4 nitrogen and oxygen atoms in total. The van der Waals surface area contributed by atoms with Gasteiger partial charge in [-0.1, -0.05) is 0 Å². The van der Waals surface area contributed by atoms with E-state index in [1.165, 1.54) is 4.90 Å². The van der Waals surface area contributed by atoms with Gasteiger partial charge in [0.25, 0.3) is 0 Å². The predicted molar refractivity (Wildman–Crippen MR) is 53.8 cm³/mol. The second-order valence-corrected chi connectivity index (χ2v) is 4.18. The number of hydrogen-bond acceptors (Lipinski definition) is 2. The minimum absolute atomic E-state index is 0.0449. The van der Waals surface area contributed by atoms with E-state index in [1.54, 1.807) is 4.90 Å². The first-order valence-corrected chi connectivity index (χ1v) is 5.07. The average Bonchev–Trinajstić information content (AvgIpc) is 2.02. The number of rotatable bonds is 2. The summed E-state index contributed by atoms with van der Waals surface area (Å²) in [7, 11) is 0. The van der Waals surface area contributed by atoms with Crippen LogP contribution in [0.25, 0.3) is 0 Å². The SMILES string of the molecule is CC(C)N1CCC(=O)N(C(C)C)C1=O. The third-order valence-corrected chi connectivity index (χ3v) is 2.43. The van der Waals surface area contributed by atoms with Gasteiger partial charge >= 0.3 is 6.03 Å². The van der Waals surface area contributed by atoms with E-state index >= 15 is 0 Å². The molecule has 0 atom stereocenters. The van der Waals surface area contributed by atoms with Crippen LogP contribution in [0.1, 0.15) is 34.1 Å². The van der Waals surface area contributed by atoms with Gasteiger partial charge < -0.3 is 4.90 Å². The number of carbonyl (C=O) groups is 2. The summed E-state index contributed by atoms with van der Waals surface area (Å²) in [5.74, 6) is -0.0538. The van der Waals surface area contributed by atoms with Crippen molar-refractivity contribution in [3.05, 3.63) is 0 Å². The van der Waals surface area contributed by atoms with E-state index in [4.69, 9.17) is 0 Å². The molecule has 4 heteroatoms.